The van der Waals surface area contributed by atoms with Crippen LogP contribution in [0, 0.1) is 6.92 Å². The molecule has 1 atom stereocenters. The van der Waals surface area contributed by atoms with Gasteiger partial charge in [0, 0.05) is 12.6 Å². The van der Waals surface area contributed by atoms with Crippen molar-refractivity contribution < 1.29 is 9.90 Å². The predicted molar refractivity (Wildman–Crippen MR) is 73.5 cm³/mol. The Labute approximate surface area is 116 Å². The Morgan fingerprint density at radius 3 is 2.53 bits per heavy atom. The molecule has 1 N–H and O–H groups in total. The number of benzene rings is 1. The summed E-state index contributed by atoms with van der Waals surface area (Å²) in [5.74, 6) is -1.47. The molecule has 0 aliphatic carbocycles. The third-order valence-electron chi connectivity index (χ3n) is 3.18. The Bertz CT molecular complexity index is 593. The molecule has 1 aromatic heterocycles. The van der Waals surface area contributed by atoms with Crippen LogP contribution in [0.1, 0.15) is 22.7 Å². The minimum atomic E-state index is -0.856. The average molecular weight is 279 g/mol. The molecule has 2 rings (SSSR count). The van der Waals surface area contributed by atoms with Crippen LogP contribution in [0.3, 0.4) is 0 Å². The highest BCUT2D eigenvalue weighted by Gasteiger charge is 2.24. The molecule has 0 aliphatic rings. The van der Waals surface area contributed by atoms with E-state index in [1.807, 2.05) is 37.3 Å². The average Bonchev–Trinajstić information content (AvgIpc) is 2.62. The molecule has 2 aromatic rings. The molecule has 1 unspecified atom stereocenters. The Morgan fingerprint density at radius 1 is 1.42 bits per heavy atom. The number of aromatic nitrogens is 2. The lowest BCUT2D eigenvalue weighted by Crippen LogP contribution is -2.14. The third-order valence-corrected chi connectivity index (χ3v) is 3.65. The predicted octanol–water partition coefficient (Wildman–Crippen LogP) is 2.79. The van der Waals surface area contributed by atoms with Crippen LogP contribution in [0.25, 0.3) is 0 Å². The fourth-order valence-corrected chi connectivity index (χ4v) is 2.39. The highest BCUT2D eigenvalue weighted by Crippen LogP contribution is 2.27. The van der Waals surface area contributed by atoms with E-state index in [1.54, 1.807) is 11.7 Å². The first kappa shape index (κ1) is 13.6. The van der Waals surface area contributed by atoms with Gasteiger partial charge in [-0.3, -0.25) is 9.48 Å². The van der Waals surface area contributed by atoms with Crippen LogP contribution in [-0.4, -0.2) is 20.9 Å². The molecule has 1 heterocycles. The van der Waals surface area contributed by atoms with E-state index < -0.39 is 11.9 Å². The number of rotatable bonds is 4. The van der Waals surface area contributed by atoms with Crippen molar-refractivity contribution in [3.8, 4) is 0 Å². The zero-order valence-electron chi connectivity index (χ0n) is 10.8. The van der Waals surface area contributed by atoms with E-state index in [-0.39, 0.29) is 0 Å². The highest BCUT2D eigenvalue weighted by molar-refractivity contribution is 6.30. The van der Waals surface area contributed by atoms with Crippen molar-refractivity contribution in [3.05, 3.63) is 52.3 Å². The van der Waals surface area contributed by atoms with Gasteiger partial charge in [-0.25, -0.2) is 0 Å². The molecular formula is C14H15ClN2O2. The van der Waals surface area contributed by atoms with Crippen molar-refractivity contribution in [2.24, 2.45) is 7.05 Å². The van der Waals surface area contributed by atoms with Gasteiger partial charge in [-0.1, -0.05) is 41.9 Å². The molecule has 0 saturated carbocycles. The van der Waals surface area contributed by atoms with Crippen LogP contribution < -0.4 is 0 Å². The number of aliphatic carboxylic acids is 1. The van der Waals surface area contributed by atoms with E-state index in [0.29, 0.717) is 11.6 Å². The molecule has 1 aromatic carbocycles. The summed E-state index contributed by atoms with van der Waals surface area (Å²) in [5, 5.41) is 14.1. The van der Waals surface area contributed by atoms with E-state index in [2.05, 4.69) is 5.10 Å². The van der Waals surface area contributed by atoms with Gasteiger partial charge in [0.05, 0.1) is 11.6 Å². The summed E-state index contributed by atoms with van der Waals surface area (Å²) < 4.78 is 1.57. The lowest BCUT2D eigenvalue weighted by atomic mass is 9.92. The molecule has 0 radical (unpaired) electrons. The van der Waals surface area contributed by atoms with E-state index in [9.17, 15) is 9.90 Å². The second-order valence-corrected chi connectivity index (χ2v) is 4.84. The number of aryl methyl sites for hydroxylation is 2. The quantitative estimate of drug-likeness (QED) is 0.936. The van der Waals surface area contributed by atoms with Gasteiger partial charge in [-0.05, 0) is 18.9 Å². The van der Waals surface area contributed by atoms with Gasteiger partial charge in [0.2, 0.25) is 0 Å². The normalized spacial score (nSPS) is 12.4. The number of carboxylic acid groups (broad SMARTS) is 1. The Balaban J connectivity index is 2.35. The zero-order valence-corrected chi connectivity index (χ0v) is 11.6. The fourth-order valence-electron chi connectivity index (χ4n) is 2.14. The van der Waals surface area contributed by atoms with Crippen LogP contribution in [0.15, 0.2) is 30.3 Å². The van der Waals surface area contributed by atoms with E-state index in [4.69, 9.17) is 11.6 Å². The monoisotopic (exact) mass is 278 g/mol. The summed E-state index contributed by atoms with van der Waals surface area (Å²) in [6.45, 7) is 1.84. The summed E-state index contributed by atoms with van der Waals surface area (Å²) in [7, 11) is 1.75. The van der Waals surface area contributed by atoms with Crippen molar-refractivity contribution >= 4 is 17.6 Å². The second kappa shape index (κ2) is 5.45. The third kappa shape index (κ3) is 2.79. The summed E-state index contributed by atoms with van der Waals surface area (Å²) in [6, 6.07) is 9.17. The van der Waals surface area contributed by atoms with Crippen LogP contribution in [-0.2, 0) is 18.3 Å². The van der Waals surface area contributed by atoms with Gasteiger partial charge < -0.3 is 5.11 Å². The Morgan fingerprint density at radius 2 is 2.05 bits per heavy atom. The lowest BCUT2D eigenvalue weighted by molar-refractivity contribution is -0.138. The molecule has 0 saturated heterocycles. The van der Waals surface area contributed by atoms with Gasteiger partial charge >= 0.3 is 5.97 Å². The largest absolute Gasteiger partial charge is 0.481 e. The molecule has 4 nitrogen and oxygen atoms in total. The topological polar surface area (TPSA) is 55.1 Å². The Kier molecular flexibility index (Phi) is 3.90. The molecule has 100 valence electrons. The first-order chi connectivity index (χ1) is 9.00. The van der Waals surface area contributed by atoms with Crippen molar-refractivity contribution in [3.63, 3.8) is 0 Å². The first-order valence-electron chi connectivity index (χ1n) is 5.96. The molecule has 0 spiro atoms. The number of hydrogen-bond donors (Lipinski definition) is 1. The van der Waals surface area contributed by atoms with E-state index in [1.165, 1.54) is 0 Å². The number of nitrogens with zero attached hydrogens (tertiary/aromatic N) is 2. The van der Waals surface area contributed by atoms with Crippen LogP contribution in [0.2, 0.25) is 5.15 Å². The van der Waals surface area contributed by atoms with Gasteiger partial charge in [0.15, 0.2) is 0 Å². The highest BCUT2D eigenvalue weighted by atomic mass is 35.5. The molecule has 0 aliphatic heterocycles. The lowest BCUT2D eigenvalue weighted by Gasteiger charge is -2.12. The first-order valence-corrected chi connectivity index (χ1v) is 6.34. The van der Waals surface area contributed by atoms with Crippen molar-refractivity contribution in [2.75, 3.05) is 0 Å². The number of carbonyl (C=O) groups is 1. The SMILES string of the molecule is Cc1nn(C)c(Cl)c1CC(C(=O)O)c1ccccc1. The van der Waals surface area contributed by atoms with Crippen LogP contribution in [0.5, 0.6) is 0 Å². The van der Waals surface area contributed by atoms with Gasteiger partial charge in [-0.2, -0.15) is 5.10 Å². The Hall–Kier alpha value is -1.81. The number of hydrogen-bond acceptors (Lipinski definition) is 2. The maximum absolute atomic E-state index is 11.5. The van der Waals surface area contributed by atoms with Crippen LogP contribution in [0.4, 0.5) is 0 Å². The van der Waals surface area contributed by atoms with Crippen LogP contribution >= 0.6 is 11.6 Å². The van der Waals surface area contributed by atoms with Gasteiger partial charge in [0.1, 0.15) is 5.15 Å². The van der Waals surface area contributed by atoms with Gasteiger partial charge in [0.25, 0.3) is 0 Å². The molecule has 0 bridgehead atoms. The van der Waals surface area contributed by atoms with Crippen molar-refractivity contribution in [1.82, 2.24) is 9.78 Å². The summed E-state index contributed by atoms with van der Waals surface area (Å²) in [5.41, 5.74) is 2.34. The van der Waals surface area contributed by atoms with Crippen molar-refractivity contribution in [2.45, 2.75) is 19.3 Å². The maximum atomic E-state index is 11.5. The minimum Gasteiger partial charge on any atom is -0.481 e. The molecule has 5 heteroatoms. The van der Waals surface area contributed by atoms with Crippen molar-refractivity contribution in [1.29, 1.82) is 0 Å². The van der Waals surface area contributed by atoms with E-state index >= 15 is 0 Å². The maximum Gasteiger partial charge on any atom is 0.311 e. The smallest absolute Gasteiger partial charge is 0.311 e. The molecule has 0 amide bonds. The second-order valence-electron chi connectivity index (χ2n) is 4.48. The van der Waals surface area contributed by atoms with Gasteiger partial charge in [-0.15, -0.1) is 0 Å². The molecule has 0 fully saturated rings. The summed E-state index contributed by atoms with van der Waals surface area (Å²) in [4.78, 5) is 11.5. The zero-order chi connectivity index (χ0) is 14.0. The number of carboxylic acids is 1. The standard InChI is InChI=1S/C14H15ClN2O2/c1-9-11(13(15)17(2)16-9)8-12(14(18)19)10-6-4-3-5-7-10/h3-7,12H,8H2,1-2H3,(H,18,19). The number of halogens is 1. The summed E-state index contributed by atoms with van der Waals surface area (Å²) in [6.07, 6.45) is 0.345. The minimum absolute atomic E-state index is 0.345. The molecular weight excluding hydrogens is 264 g/mol. The summed E-state index contributed by atoms with van der Waals surface area (Å²) >= 11 is 6.16. The van der Waals surface area contributed by atoms with E-state index in [0.717, 1.165) is 16.8 Å². The fraction of sp³-hybridized carbons (Fsp3) is 0.286. The molecule has 19 heavy (non-hydrogen) atoms.